The fourth-order valence-electron chi connectivity index (χ4n) is 1.66. The molecule has 0 aromatic carbocycles. The van der Waals surface area contributed by atoms with E-state index in [2.05, 4.69) is 25.9 Å². The van der Waals surface area contributed by atoms with E-state index in [4.69, 9.17) is 0 Å². The van der Waals surface area contributed by atoms with Crippen molar-refractivity contribution in [3.63, 3.8) is 0 Å². The maximum atomic E-state index is 4.30. The molecule has 0 unspecified atom stereocenters. The number of hydrogen-bond donors (Lipinski definition) is 1. The van der Waals surface area contributed by atoms with Gasteiger partial charge in [-0.3, -0.25) is 4.98 Å². The number of aromatic nitrogens is 3. The van der Waals surface area contributed by atoms with Crippen molar-refractivity contribution < 1.29 is 0 Å². The van der Waals surface area contributed by atoms with Gasteiger partial charge in [0.1, 0.15) is 5.82 Å². The fraction of sp³-hybridized carbons (Fsp3) is 0.333. The molecule has 0 saturated heterocycles. The van der Waals surface area contributed by atoms with Crippen molar-refractivity contribution in [3.05, 3.63) is 48.3 Å². The van der Waals surface area contributed by atoms with Crippen molar-refractivity contribution in [2.45, 2.75) is 19.5 Å². The van der Waals surface area contributed by atoms with Gasteiger partial charge in [0.2, 0.25) is 0 Å². The zero-order chi connectivity index (χ0) is 11.2. The zero-order valence-corrected chi connectivity index (χ0v) is 9.43. The Hall–Kier alpha value is -1.68. The SMILES string of the molecule is CNCc1nccn1CCc1cccnc1. The van der Waals surface area contributed by atoms with Crippen LogP contribution >= 0.6 is 0 Å². The Bertz CT molecular complexity index is 422. The third-order valence-electron chi connectivity index (χ3n) is 2.50. The van der Waals surface area contributed by atoms with Crippen LogP contribution in [0.2, 0.25) is 0 Å². The minimum absolute atomic E-state index is 0.806. The molecular weight excluding hydrogens is 200 g/mol. The van der Waals surface area contributed by atoms with Crippen LogP contribution < -0.4 is 5.32 Å². The molecule has 84 valence electrons. The fourth-order valence-corrected chi connectivity index (χ4v) is 1.66. The molecule has 1 N–H and O–H groups in total. The summed E-state index contributed by atoms with van der Waals surface area (Å²) in [5, 5.41) is 3.11. The Morgan fingerprint density at radius 2 is 2.31 bits per heavy atom. The molecule has 2 rings (SSSR count). The summed E-state index contributed by atoms with van der Waals surface area (Å²) in [5.41, 5.74) is 1.26. The third-order valence-corrected chi connectivity index (χ3v) is 2.50. The van der Waals surface area contributed by atoms with Gasteiger partial charge in [-0.15, -0.1) is 0 Å². The second kappa shape index (κ2) is 5.42. The predicted octanol–water partition coefficient (Wildman–Crippen LogP) is 1.24. The highest BCUT2D eigenvalue weighted by atomic mass is 15.1. The molecule has 0 saturated carbocycles. The molecule has 4 heteroatoms. The van der Waals surface area contributed by atoms with E-state index in [1.165, 1.54) is 5.56 Å². The van der Waals surface area contributed by atoms with E-state index in [-0.39, 0.29) is 0 Å². The van der Waals surface area contributed by atoms with Crippen molar-refractivity contribution >= 4 is 0 Å². The number of aryl methyl sites for hydroxylation is 2. The van der Waals surface area contributed by atoms with E-state index in [1.807, 2.05) is 31.7 Å². The van der Waals surface area contributed by atoms with Crippen molar-refractivity contribution in [1.29, 1.82) is 0 Å². The maximum absolute atomic E-state index is 4.30. The number of rotatable bonds is 5. The molecule has 2 heterocycles. The average molecular weight is 216 g/mol. The van der Waals surface area contributed by atoms with Gasteiger partial charge in [0, 0.05) is 31.3 Å². The van der Waals surface area contributed by atoms with Crippen LogP contribution in [0.25, 0.3) is 0 Å². The van der Waals surface area contributed by atoms with E-state index in [9.17, 15) is 0 Å². The van der Waals surface area contributed by atoms with Gasteiger partial charge < -0.3 is 9.88 Å². The summed E-state index contributed by atoms with van der Waals surface area (Å²) < 4.78 is 2.17. The second-order valence-electron chi connectivity index (χ2n) is 3.68. The van der Waals surface area contributed by atoms with E-state index in [0.29, 0.717) is 0 Å². The maximum Gasteiger partial charge on any atom is 0.122 e. The van der Waals surface area contributed by atoms with Crippen molar-refractivity contribution in [3.8, 4) is 0 Å². The average Bonchev–Trinajstić information content (AvgIpc) is 2.76. The number of hydrogen-bond acceptors (Lipinski definition) is 3. The highest BCUT2D eigenvalue weighted by Crippen LogP contribution is 2.02. The van der Waals surface area contributed by atoms with Gasteiger partial charge >= 0.3 is 0 Å². The van der Waals surface area contributed by atoms with Gasteiger partial charge in [-0.25, -0.2) is 4.98 Å². The zero-order valence-electron chi connectivity index (χ0n) is 9.43. The van der Waals surface area contributed by atoms with Gasteiger partial charge in [0.25, 0.3) is 0 Å². The first-order chi connectivity index (χ1) is 7.90. The lowest BCUT2D eigenvalue weighted by Crippen LogP contribution is -2.13. The van der Waals surface area contributed by atoms with Gasteiger partial charge in [-0.05, 0) is 25.1 Å². The third kappa shape index (κ3) is 2.67. The molecule has 0 aliphatic heterocycles. The van der Waals surface area contributed by atoms with E-state index >= 15 is 0 Å². The summed E-state index contributed by atoms with van der Waals surface area (Å²) in [6, 6.07) is 4.07. The van der Waals surface area contributed by atoms with Crippen LogP contribution in [0.5, 0.6) is 0 Å². The number of nitrogens with zero attached hydrogens (tertiary/aromatic N) is 3. The van der Waals surface area contributed by atoms with Crippen LogP contribution in [0, 0.1) is 0 Å². The summed E-state index contributed by atoms with van der Waals surface area (Å²) in [6.45, 7) is 1.75. The van der Waals surface area contributed by atoms with Crippen LogP contribution in [0.15, 0.2) is 36.9 Å². The second-order valence-corrected chi connectivity index (χ2v) is 3.68. The first kappa shape index (κ1) is 10.8. The number of nitrogens with one attached hydrogen (secondary N) is 1. The minimum Gasteiger partial charge on any atom is -0.334 e. The van der Waals surface area contributed by atoms with Crippen LogP contribution in [-0.4, -0.2) is 21.6 Å². The Morgan fingerprint density at radius 3 is 3.06 bits per heavy atom. The molecule has 4 nitrogen and oxygen atoms in total. The quantitative estimate of drug-likeness (QED) is 0.817. The predicted molar refractivity (Wildman–Crippen MR) is 62.9 cm³/mol. The van der Waals surface area contributed by atoms with E-state index in [0.717, 1.165) is 25.3 Å². The highest BCUT2D eigenvalue weighted by Gasteiger charge is 2.01. The monoisotopic (exact) mass is 216 g/mol. The molecule has 2 aromatic rings. The Morgan fingerprint density at radius 1 is 1.38 bits per heavy atom. The molecule has 0 fully saturated rings. The molecule has 0 radical (unpaired) electrons. The lowest BCUT2D eigenvalue weighted by molar-refractivity contribution is 0.624. The highest BCUT2D eigenvalue weighted by molar-refractivity contribution is 5.08. The molecule has 0 atom stereocenters. The van der Waals surface area contributed by atoms with Crippen LogP contribution in [0.3, 0.4) is 0 Å². The van der Waals surface area contributed by atoms with Crippen molar-refractivity contribution in [2.75, 3.05) is 7.05 Å². The van der Waals surface area contributed by atoms with Crippen LogP contribution in [0.1, 0.15) is 11.4 Å². The molecule has 0 spiro atoms. The van der Waals surface area contributed by atoms with Gasteiger partial charge in [0.05, 0.1) is 6.54 Å². The molecule has 0 aliphatic carbocycles. The van der Waals surface area contributed by atoms with Gasteiger partial charge in [-0.1, -0.05) is 6.07 Å². The summed E-state index contributed by atoms with van der Waals surface area (Å²) in [5.74, 6) is 1.08. The lowest BCUT2D eigenvalue weighted by Gasteiger charge is -2.07. The summed E-state index contributed by atoms with van der Waals surface area (Å²) in [4.78, 5) is 8.41. The Labute approximate surface area is 95.4 Å². The summed E-state index contributed by atoms with van der Waals surface area (Å²) in [6.07, 6.45) is 8.56. The first-order valence-corrected chi connectivity index (χ1v) is 5.43. The van der Waals surface area contributed by atoms with E-state index < -0.39 is 0 Å². The number of pyridine rings is 1. The summed E-state index contributed by atoms with van der Waals surface area (Å²) in [7, 11) is 1.93. The molecule has 0 bridgehead atoms. The largest absolute Gasteiger partial charge is 0.334 e. The number of imidazole rings is 1. The minimum atomic E-state index is 0.806. The van der Waals surface area contributed by atoms with Crippen molar-refractivity contribution in [1.82, 2.24) is 19.9 Å². The normalized spacial score (nSPS) is 10.6. The molecular formula is C12H16N4. The molecule has 0 amide bonds. The molecule has 2 aromatic heterocycles. The standard InChI is InChI=1S/C12H16N4/c1-13-10-12-15-6-8-16(12)7-4-11-3-2-5-14-9-11/h2-3,5-6,8-9,13H,4,7,10H2,1H3. The Balaban J connectivity index is 1.97. The first-order valence-electron chi connectivity index (χ1n) is 5.43. The van der Waals surface area contributed by atoms with Crippen LogP contribution in [-0.2, 0) is 19.5 Å². The lowest BCUT2D eigenvalue weighted by atomic mass is 10.2. The van der Waals surface area contributed by atoms with Gasteiger partial charge in [-0.2, -0.15) is 0 Å². The van der Waals surface area contributed by atoms with Crippen LogP contribution in [0.4, 0.5) is 0 Å². The van der Waals surface area contributed by atoms with Crippen molar-refractivity contribution in [2.24, 2.45) is 0 Å². The Kier molecular flexibility index (Phi) is 3.66. The molecule has 0 aliphatic rings. The summed E-state index contributed by atoms with van der Waals surface area (Å²) >= 11 is 0. The topological polar surface area (TPSA) is 42.7 Å². The van der Waals surface area contributed by atoms with Gasteiger partial charge in [0.15, 0.2) is 0 Å². The van der Waals surface area contributed by atoms with E-state index in [1.54, 1.807) is 6.20 Å². The smallest absolute Gasteiger partial charge is 0.122 e. The molecule has 16 heavy (non-hydrogen) atoms.